The van der Waals surface area contributed by atoms with Gasteiger partial charge in [0.15, 0.2) is 0 Å². The van der Waals surface area contributed by atoms with E-state index in [1.165, 1.54) is 12.8 Å². The number of benzene rings is 1. The van der Waals surface area contributed by atoms with Gasteiger partial charge in [0.25, 0.3) is 5.91 Å². The summed E-state index contributed by atoms with van der Waals surface area (Å²) in [5.74, 6) is -0.199. The van der Waals surface area contributed by atoms with Crippen molar-refractivity contribution in [2.75, 3.05) is 46.5 Å². The molecule has 1 saturated heterocycles. The summed E-state index contributed by atoms with van der Waals surface area (Å²) in [6.45, 7) is 20.5. The first kappa shape index (κ1) is 44.3. The quantitative estimate of drug-likeness (QED) is 0.0967. The molecule has 4 atom stereocenters. The summed E-state index contributed by atoms with van der Waals surface area (Å²) < 4.78 is 16.9. The number of hydrogen-bond donors (Lipinski definition) is 4. The standard InChI is InChI=1S/C40H70N4O7/c1-10-11-18-41-38(47)33(29(4)5)25-35(45)34(43-39(48)51-40(6,7)8)24-31(28(2)3)26-42-37(46)32-17-16-30(27-44-19-12-13-20-44)23-36(32)50-22-15-14-21-49-9/h16-17,23,28-29,31,33-35,45H,10-15,18-22,24-27H2,1-9H3,(H,41,47)(H,42,46)(H,43,48)/t31-,33+,34+,35+/m1/s1. The van der Waals surface area contributed by atoms with Crippen molar-refractivity contribution in [3.05, 3.63) is 29.3 Å². The van der Waals surface area contributed by atoms with Crippen LogP contribution < -0.4 is 20.7 Å². The van der Waals surface area contributed by atoms with Crippen LogP contribution in [0, 0.1) is 23.7 Å². The van der Waals surface area contributed by atoms with Crippen molar-refractivity contribution in [2.45, 2.75) is 131 Å². The van der Waals surface area contributed by atoms with Crippen LogP contribution in [0.3, 0.4) is 0 Å². The fourth-order valence-electron chi connectivity index (χ4n) is 6.33. The number of unbranched alkanes of at least 4 members (excludes halogenated alkanes) is 2. The first-order valence-corrected chi connectivity index (χ1v) is 19.4. The number of hydrogen-bond acceptors (Lipinski definition) is 8. The number of nitrogens with zero attached hydrogens (tertiary/aromatic N) is 1. The van der Waals surface area contributed by atoms with Gasteiger partial charge in [-0.2, -0.15) is 0 Å². The molecule has 1 heterocycles. The Kier molecular flexibility index (Phi) is 19.9. The van der Waals surface area contributed by atoms with Crippen LogP contribution in [0.25, 0.3) is 0 Å². The van der Waals surface area contributed by atoms with E-state index in [1.54, 1.807) is 27.9 Å². The highest BCUT2D eigenvalue weighted by atomic mass is 16.6. The first-order chi connectivity index (χ1) is 24.1. The minimum Gasteiger partial charge on any atom is -0.493 e. The maximum Gasteiger partial charge on any atom is 0.407 e. The topological polar surface area (TPSA) is 138 Å². The summed E-state index contributed by atoms with van der Waals surface area (Å²) in [4.78, 5) is 42.3. The van der Waals surface area contributed by atoms with Gasteiger partial charge >= 0.3 is 6.09 Å². The van der Waals surface area contributed by atoms with Crippen LogP contribution in [-0.4, -0.2) is 92.2 Å². The van der Waals surface area contributed by atoms with Gasteiger partial charge < -0.3 is 35.3 Å². The molecule has 11 nitrogen and oxygen atoms in total. The van der Waals surface area contributed by atoms with Gasteiger partial charge in [0, 0.05) is 39.3 Å². The number of carbonyl (C=O) groups excluding carboxylic acids is 3. The summed E-state index contributed by atoms with van der Waals surface area (Å²) in [5, 5.41) is 20.7. The zero-order chi connectivity index (χ0) is 38.0. The summed E-state index contributed by atoms with van der Waals surface area (Å²) in [6.07, 6.45) is 4.86. The molecule has 0 unspecified atom stereocenters. The molecule has 1 fully saturated rings. The molecule has 1 aliphatic rings. The highest BCUT2D eigenvalue weighted by Crippen LogP contribution is 2.26. The Morgan fingerprint density at radius 1 is 0.941 bits per heavy atom. The molecule has 0 radical (unpaired) electrons. The lowest BCUT2D eigenvalue weighted by molar-refractivity contribution is -0.127. The second-order valence-electron chi connectivity index (χ2n) is 15.9. The number of aliphatic hydroxyl groups is 1. The summed E-state index contributed by atoms with van der Waals surface area (Å²) in [6, 6.07) is 5.14. The van der Waals surface area contributed by atoms with Crippen LogP contribution >= 0.6 is 0 Å². The molecule has 0 aliphatic carbocycles. The Bertz CT molecular complexity index is 1180. The number of aliphatic hydroxyl groups excluding tert-OH is 1. The zero-order valence-corrected chi connectivity index (χ0v) is 33.1. The van der Waals surface area contributed by atoms with Gasteiger partial charge in [0.1, 0.15) is 11.4 Å². The fourth-order valence-corrected chi connectivity index (χ4v) is 6.33. The van der Waals surface area contributed by atoms with Crippen LogP contribution in [-0.2, 0) is 20.8 Å². The molecule has 1 aromatic rings. The van der Waals surface area contributed by atoms with Crippen LogP contribution in [0.4, 0.5) is 4.79 Å². The minimum absolute atomic E-state index is 0.0123. The summed E-state index contributed by atoms with van der Waals surface area (Å²) >= 11 is 0. The molecule has 0 saturated carbocycles. The summed E-state index contributed by atoms with van der Waals surface area (Å²) in [7, 11) is 1.68. The largest absolute Gasteiger partial charge is 0.493 e. The minimum atomic E-state index is -1.01. The van der Waals surface area contributed by atoms with Crippen molar-refractivity contribution in [3.8, 4) is 5.75 Å². The molecular formula is C40H70N4O7. The number of alkyl carbamates (subject to hydrolysis) is 1. The number of likely N-dealkylation sites (tertiary alicyclic amines) is 1. The second kappa shape index (κ2) is 22.9. The number of methoxy groups -OCH3 is 1. The fraction of sp³-hybridized carbons (Fsp3) is 0.775. The number of carbonyl (C=O) groups is 3. The number of ether oxygens (including phenoxy) is 3. The Balaban J connectivity index is 2.24. The molecule has 292 valence electrons. The Hall–Kier alpha value is -2.89. The predicted octanol–water partition coefficient (Wildman–Crippen LogP) is 6.31. The molecule has 3 amide bonds. The van der Waals surface area contributed by atoms with Crippen molar-refractivity contribution in [1.29, 1.82) is 0 Å². The average Bonchev–Trinajstić information content (AvgIpc) is 3.56. The smallest absolute Gasteiger partial charge is 0.407 e. The van der Waals surface area contributed by atoms with Gasteiger partial charge in [-0.1, -0.05) is 47.1 Å². The lowest BCUT2D eigenvalue weighted by atomic mass is 9.82. The van der Waals surface area contributed by atoms with Crippen molar-refractivity contribution < 1.29 is 33.7 Å². The van der Waals surface area contributed by atoms with Gasteiger partial charge in [-0.05, 0) is 114 Å². The average molecular weight is 719 g/mol. The normalized spacial score (nSPS) is 16.1. The maximum absolute atomic E-state index is 13.7. The third-order valence-electron chi connectivity index (χ3n) is 9.55. The van der Waals surface area contributed by atoms with Crippen LogP contribution in [0.1, 0.15) is 123 Å². The van der Waals surface area contributed by atoms with E-state index in [-0.39, 0.29) is 36.0 Å². The molecule has 51 heavy (non-hydrogen) atoms. The van der Waals surface area contributed by atoms with Gasteiger partial charge in [-0.25, -0.2) is 4.79 Å². The monoisotopic (exact) mass is 719 g/mol. The van der Waals surface area contributed by atoms with E-state index < -0.39 is 29.8 Å². The second-order valence-corrected chi connectivity index (χ2v) is 15.9. The molecule has 0 aromatic heterocycles. The third-order valence-corrected chi connectivity index (χ3v) is 9.55. The molecule has 4 N–H and O–H groups in total. The highest BCUT2D eigenvalue weighted by Gasteiger charge is 2.33. The molecule has 0 bridgehead atoms. The Labute approximate surface area is 308 Å². The maximum atomic E-state index is 13.7. The Morgan fingerprint density at radius 2 is 1.63 bits per heavy atom. The lowest BCUT2D eigenvalue weighted by Gasteiger charge is -2.33. The van der Waals surface area contributed by atoms with E-state index in [0.717, 1.165) is 50.9 Å². The van der Waals surface area contributed by atoms with E-state index in [1.807, 2.05) is 32.0 Å². The molecule has 1 aliphatic heterocycles. The Morgan fingerprint density at radius 3 is 2.24 bits per heavy atom. The predicted molar refractivity (Wildman–Crippen MR) is 203 cm³/mol. The van der Waals surface area contributed by atoms with Crippen molar-refractivity contribution in [2.24, 2.45) is 23.7 Å². The van der Waals surface area contributed by atoms with E-state index in [4.69, 9.17) is 14.2 Å². The molecule has 1 aromatic carbocycles. The van der Waals surface area contributed by atoms with Crippen molar-refractivity contribution in [3.63, 3.8) is 0 Å². The molecular weight excluding hydrogens is 648 g/mol. The van der Waals surface area contributed by atoms with E-state index in [0.29, 0.717) is 44.0 Å². The number of nitrogens with one attached hydrogen (secondary N) is 3. The lowest BCUT2D eigenvalue weighted by Crippen LogP contribution is -2.49. The third kappa shape index (κ3) is 17.0. The van der Waals surface area contributed by atoms with E-state index in [9.17, 15) is 19.5 Å². The zero-order valence-electron chi connectivity index (χ0n) is 33.1. The van der Waals surface area contributed by atoms with Crippen LogP contribution in [0.15, 0.2) is 18.2 Å². The summed E-state index contributed by atoms with van der Waals surface area (Å²) in [5.41, 5.74) is 0.869. The van der Waals surface area contributed by atoms with Gasteiger partial charge in [0.2, 0.25) is 5.91 Å². The molecule has 2 rings (SSSR count). The van der Waals surface area contributed by atoms with Crippen molar-refractivity contribution in [1.82, 2.24) is 20.9 Å². The van der Waals surface area contributed by atoms with Crippen molar-refractivity contribution >= 4 is 17.9 Å². The SMILES string of the molecule is CCCCNC(=O)[C@@H](C[C@H](O)[C@H](C[C@H](CNC(=O)c1ccc(CN2CCCC2)cc1OCCCCOC)C(C)C)NC(=O)OC(C)(C)C)C(C)C. The van der Waals surface area contributed by atoms with Gasteiger partial charge in [-0.15, -0.1) is 0 Å². The number of rotatable bonds is 23. The highest BCUT2D eigenvalue weighted by molar-refractivity contribution is 5.97. The number of amides is 3. The molecule has 0 spiro atoms. The van der Waals surface area contributed by atoms with E-state index >= 15 is 0 Å². The van der Waals surface area contributed by atoms with Gasteiger partial charge in [0.05, 0.1) is 24.3 Å². The van der Waals surface area contributed by atoms with E-state index in [2.05, 4.69) is 41.6 Å². The first-order valence-electron chi connectivity index (χ1n) is 19.4. The van der Waals surface area contributed by atoms with Crippen LogP contribution in [0.5, 0.6) is 5.75 Å². The molecule has 11 heteroatoms. The van der Waals surface area contributed by atoms with Crippen LogP contribution in [0.2, 0.25) is 0 Å². The van der Waals surface area contributed by atoms with Gasteiger partial charge in [-0.3, -0.25) is 14.5 Å².